The van der Waals surface area contributed by atoms with Gasteiger partial charge in [-0.15, -0.1) is 0 Å². The van der Waals surface area contributed by atoms with Crippen molar-refractivity contribution in [3.05, 3.63) is 65.2 Å². The number of amides is 1. The molecular formula is C17H13F6N5O. The summed E-state index contributed by atoms with van der Waals surface area (Å²) in [5, 5.41) is 9.56. The van der Waals surface area contributed by atoms with Crippen molar-refractivity contribution in [1.82, 2.24) is 19.6 Å². The first-order valence-corrected chi connectivity index (χ1v) is 8.04. The lowest BCUT2D eigenvalue weighted by atomic mass is 10.1. The van der Waals surface area contributed by atoms with Crippen LogP contribution in [0.3, 0.4) is 0 Å². The zero-order chi connectivity index (χ0) is 21.4. The molecule has 0 aliphatic heterocycles. The highest BCUT2D eigenvalue weighted by molar-refractivity contribution is 6.03. The van der Waals surface area contributed by atoms with E-state index < -0.39 is 29.5 Å². The lowest BCUT2D eigenvalue weighted by molar-refractivity contribution is -0.141. The van der Waals surface area contributed by atoms with E-state index >= 15 is 0 Å². The minimum absolute atomic E-state index is 0.00369. The van der Waals surface area contributed by atoms with Gasteiger partial charge in [0, 0.05) is 19.3 Å². The Labute approximate surface area is 159 Å². The van der Waals surface area contributed by atoms with Crippen LogP contribution in [0.2, 0.25) is 0 Å². The van der Waals surface area contributed by atoms with Crippen molar-refractivity contribution in [2.75, 3.05) is 5.32 Å². The monoisotopic (exact) mass is 417 g/mol. The van der Waals surface area contributed by atoms with Crippen LogP contribution in [0.4, 0.5) is 32.0 Å². The van der Waals surface area contributed by atoms with Crippen LogP contribution < -0.4 is 5.32 Å². The molecule has 1 aromatic carbocycles. The summed E-state index contributed by atoms with van der Waals surface area (Å²) in [5.74, 6) is -0.839. The van der Waals surface area contributed by atoms with Crippen LogP contribution >= 0.6 is 0 Å². The number of carbonyl (C=O) groups is 1. The molecule has 1 amide bonds. The fourth-order valence-corrected chi connectivity index (χ4v) is 2.56. The lowest BCUT2D eigenvalue weighted by Gasteiger charge is -2.08. The molecule has 0 unspecified atom stereocenters. The van der Waals surface area contributed by atoms with Gasteiger partial charge in [0.15, 0.2) is 5.69 Å². The molecular weight excluding hydrogens is 404 g/mol. The normalized spacial score (nSPS) is 12.2. The average molecular weight is 417 g/mol. The molecule has 2 heterocycles. The Kier molecular flexibility index (Phi) is 5.11. The van der Waals surface area contributed by atoms with Crippen LogP contribution in [0.1, 0.15) is 27.3 Å². The van der Waals surface area contributed by atoms with Crippen LogP contribution in [0.25, 0.3) is 0 Å². The standard InChI is InChI=1S/C17H13F6N5O/c1-27-13(6-14(26-27)17(21,22)23)15(29)25-12-7-24-28(9-12)8-10-3-2-4-11(5-10)16(18,19)20/h2-7,9H,8H2,1H3,(H,25,29). The van der Waals surface area contributed by atoms with Gasteiger partial charge in [-0.3, -0.25) is 14.2 Å². The number of nitrogens with zero attached hydrogens (tertiary/aromatic N) is 4. The van der Waals surface area contributed by atoms with E-state index in [0.717, 1.165) is 16.8 Å². The molecule has 0 atom stereocenters. The molecule has 0 bridgehead atoms. The van der Waals surface area contributed by atoms with E-state index in [-0.39, 0.29) is 17.9 Å². The molecule has 0 radical (unpaired) electrons. The Morgan fingerprint density at radius 1 is 1.10 bits per heavy atom. The Bertz CT molecular complexity index is 1030. The first kappa shape index (κ1) is 20.4. The van der Waals surface area contributed by atoms with Crippen molar-refractivity contribution in [3.63, 3.8) is 0 Å². The molecule has 0 spiro atoms. The Hall–Kier alpha value is -3.31. The molecule has 154 valence electrons. The van der Waals surface area contributed by atoms with Crippen LogP contribution in [-0.4, -0.2) is 25.5 Å². The highest BCUT2D eigenvalue weighted by Gasteiger charge is 2.35. The number of nitrogens with one attached hydrogen (secondary N) is 1. The van der Waals surface area contributed by atoms with Crippen molar-refractivity contribution >= 4 is 11.6 Å². The minimum atomic E-state index is -4.69. The SMILES string of the molecule is Cn1nc(C(F)(F)F)cc1C(=O)Nc1cnn(Cc2cccc(C(F)(F)F)c2)c1. The van der Waals surface area contributed by atoms with Crippen LogP contribution in [0.15, 0.2) is 42.7 Å². The third-order valence-electron chi connectivity index (χ3n) is 3.89. The molecule has 12 heteroatoms. The van der Waals surface area contributed by atoms with E-state index in [1.165, 1.54) is 36.3 Å². The van der Waals surface area contributed by atoms with E-state index in [4.69, 9.17) is 0 Å². The van der Waals surface area contributed by atoms with Crippen molar-refractivity contribution in [3.8, 4) is 0 Å². The van der Waals surface area contributed by atoms with Gasteiger partial charge in [0.05, 0.1) is 24.0 Å². The van der Waals surface area contributed by atoms with Crippen LogP contribution in [0, 0.1) is 0 Å². The molecule has 6 nitrogen and oxygen atoms in total. The van der Waals surface area contributed by atoms with Gasteiger partial charge in [-0.1, -0.05) is 12.1 Å². The smallest absolute Gasteiger partial charge is 0.318 e. The van der Waals surface area contributed by atoms with E-state index in [0.29, 0.717) is 11.6 Å². The van der Waals surface area contributed by atoms with Crippen LogP contribution in [0.5, 0.6) is 0 Å². The van der Waals surface area contributed by atoms with Crippen molar-refractivity contribution in [2.24, 2.45) is 7.05 Å². The molecule has 3 aromatic rings. The van der Waals surface area contributed by atoms with E-state index in [2.05, 4.69) is 15.5 Å². The maximum atomic E-state index is 12.8. The first-order chi connectivity index (χ1) is 13.4. The predicted octanol–water partition coefficient (Wildman–Crippen LogP) is 3.95. The number of halogens is 6. The van der Waals surface area contributed by atoms with Gasteiger partial charge in [0.2, 0.25) is 0 Å². The van der Waals surface area contributed by atoms with E-state index in [1.807, 2.05) is 0 Å². The van der Waals surface area contributed by atoms with Gasteiger partial charge in [-0.05, 0) is 17.7 Å². The number of rotatable bonds is 4. The number of benzene rings is 1. The van der Waals surface area contributed by atoms with Gasteiger partial charge >= 0.3 is 12.4 Å². The second kappa shape index (κ2) is 7.26. The Balaban J connectivity index is 1.71. The van der Waals surface area contributed by atoms with Gasteiger partial charge in [-0.25, -0.2) is 0 Å². The molecule has 0 saturated heterocycles. The number of hydrogen-bond acceptors (Lipinski definition) is 3. The Morgan fingerprint density at radius 2 is 1.83 bits per heavy atom. The van der Waals surface area contributed by atoms with Gasteiger partial charge < -0.3 is 5.32 Å². The average Bonchev–Trinajstić information content (AvgIpc) is 3.20. The third kappa shape index (κ3) is 4.76. The molecule has 0 fully saturated rings. The number of aryl methyl sites for hydroxylation is 1. The summed E-state index contributed by atoms with van der Waals surface area (Å²) in [5.41, 5.74) is -1.82. The summed E-state index contributed by atoms with van der Waals surface area (Å²) in [6.45, 7) is 0.00369. The number of carbonyl (C=O) groups excluding carboxylic acids is 1. The lowest BCUT2D eigenvalue weighted by Crippen LogP contribution is -2.15. The summed E-state index contributed by atoms with van der Waals surface area (Å²) in [7, 11) is 1.20. The second-order valence-corrected chi connectivity index (χ2v) is 6.12. The maximum absolute atomic E-state index is 12.8. The second-order valence-electron chi connectivity index (χ2n) is 6.12. The Morgan fingerprint density at radius 3 is 2.45 bits per heavy atom. The molecule has 0 aliphatic rings. The number of alkyl halides is 6. The molecule has 3 rings (SSSR count). The molecule has 1 N–H and O–H groups in total. The highest BCUT2D eigenvalue weighted by Crippen LogP contribution is 2.30. The summed E-state index contributed by atoms with van der Waals surface area (Å²) in [6.07, 6.45) is -6.59. The molecule has 0 aliphatic carbocycles. The summed E-state index contributed by atoms with van der Waals surface area (Å²) in [6, 6.07) is 5.30. The van der Waals surface area contributed by atoms with E-state index in [9.17, 15) is 31.1 Å². The minimum Gasteiger partial charge on any atom is -0.318 e. The van der Waals surface area contributed by atoms with Gasteiger partial charge in [0.25, 0.3) is 5.91 Å². The molecule has 29 heavy (non-hydrogen) atoms. The fraction of sp³-hybridized carbons (Fsp3) is 0.235. The highest BCUT2D eigenvalue weighted by atomic mass is 19.4. The topological polar surface area (TPSA) is 64.7 Å². The fourth-order valence-electron chi connectivity index (χ4n) is 2.56. The van der Waals surface area contributed by atoms with Crippen molar-refractivity contribution < 1.29 is 31.1 Å². The zero-order valence-electron chi connectivity index (χ0n) is 14.7. The first-order valence-electron chi connectivity index (χ1n) is 8.04. The number of hydrogen-bond donors (Lipinski definition) is 1. The van der Waals surface area contributed by atoms with Gasteiger partial charge in [0.1, 0.15) is 5.69 Å². The predicted molar refractivity (Wildman–Crippen MR) is 88.9 cm³/mol. The maximum Gasteiger partial charge on any atom is 0.435 e. The summed E-state index contributed by atoms with van der Waals surface area (Å²) < 4.78 is 78.5. The number of anilines is 1. The quantitative estimate of drug-likeness (QED) is 0.654. The summed E-state index contributed by atoms with van der Waals surface area (Å²) in [4.78, 5) is 12.2. The molecule has 0 saturated carbocycles. The van der Waals surface area contributed by atoms with Crippen LogP contribution in [-0.2, 0) is 25.9 Å². The zero-order valence-corrected chi connectivity index (χ0v) is 14.7. The third-order valence-corrected chi connectivity index (χ3v) is 3.89. The summed E-state index contributed by atoms with van der Waals surface area (Å²) >= 11 is 0. The van der Waals surface area contributed by atoms with Gasteiger partial charge in [-0.2, -0.15) is 36.5 Å². The molecule has 2 aromatic heterocycles. The van der Waals surface area contributed by atoms with Crippen molar-refractivity contribution in [2.45, 2.75) is 18.9 Å². The van der Waals surface area contributed by atoms with Crippen molar-refractivity contribution in [1.29, 1.82) is 0 Å². The van der Waals surface area contributed by atoms with E-state index in [1.54, 1.807) is 0 Å². The largest absolute Gasteiger partial charge is 0.435 e. The number of aromatic nitrogens is 4.